The number of nitrogens with two attached hydrogens (primary N) is 1. The Bertz CT molecular complexity index is 304. The van der Waals surface area contributed by atoms with E-state index >= 15 is 0 Å². The fourth-order valence-corrected chi connectivity index (χ4v) is 1.56. The molecule has 0 heterocycles. The summed E-state index contributed by atoms with van der Waals surface area (Å²) in [5, 5.41) is 4.12. The van der Waals surface area contributed by atoms with E-state index in [1.165, 1.54) is 5.56 Å². The fourth-order valence-electron chi connectivity index (χ4n) is 1.03. The summed E-state index contributed by atoms with van der Waals surface area (Å²) in [6.07, 6.45) is 0. The minimum atomic E-state index is 0.341. The zero-order valence-electron chi connectivity index (χ0n) is 8.06. The third kappa shape index (κ3) is 3.73. The van der Waals surface area contributed by atoms with Crippen molar-refractivity contribution < 1.29 is 0 Å². The molecule has 0 saturated heterocycles. The third-order valence-corrected chi connectivity index (χ3v) is 3.56. The number of nitrogens with one attached hydrogen (secondary N) is 1. The zero-order chi connectivity index (χ0) is 10.6. The van der Waals surface area contributed by atoms with Gasteiger partial charge in [-0.05, 0) is 47.2 Å². The molecule has 0 unspecified atom stereocenters. The molecule has 2 nitrogen and oxygen atoms in total. The van der Waals surface area contributed by atoms with Gasteiger partial charge in [-0.3, -0.25) is 0 Å². The molecule has 1 rings (SSSR count). The zero-order valence-corrected chi connectivity index (χ0v) is 11.0. The Labute approximate surface area is 103 Å². The Kier molecular flexibility index (Phi) is 5.15. The Morgan fingerprint density at radius 1 is 1.57 bits per heavy atom. The first-order valence-electron chi connectivity index (χ1n) is 4.51. The summed E-state index contributed by atoms with van der Waals surface area (Å²) in [6.45, 7) is 3.53. The maximum atomic E-state index is 6.00. The molecule has 0 aliphatic heterocycles. The van der Waals surface area contributed by atoms with Gasteiger partial charge < -0.3 is 11.1 Å². The van der Waals surface area contributed by atoms with Gasteiger partial charge >= 0.3 is 0 Å². The van der Waals surface area contributed by atoms with Crippen molar-refractivity contribution in [3.05, 3.63) is 32.4 Å². The van der Waals surface area contributed by atoms with Gasteiger partial charge in [0.2, 0.25) is 0 Å². The first kappa shape index (κ1) is 12.2. The van der Waals surface area contributed by atoms with Gasteiger partial charge in [0, 0.05) is 22.7 Å². The van der Waals surface area contributed by atoms with E-state index in [0.717, 1.165) is 15.1 Å². The van der Waals surface area contributed by atoms with Gasteiger partial charge in [-0.1, -0.05) is 17.7 Å². The predicted octanol–water partition coefficient (Wildman–Crippen LogP) is 2.38. The number of hydrogen-bond donors (Lipinski definition) is 2. The van der Waals surface area contributed by atoms with E-state index in [4.69, 9.17) is 17.3 Å². The minimum absolute atomic E-state index is 0.341. The first-order chi connectivity index (χ1) is 6.63. The molecule has 0 aromatic heterocycles. The molecule has 3 N–H and O–H groups in total. The van der Waals surface area contributed by atoms with Crippen molar-refractivity contribution in [3.63, 3.8) is 0 Å². The van der Waals surface area contributed by atoms with Crippen LogP contribution in [0.5, 0.6) is 0 Å². The summed E-state index contributed by atoms with van der Waals surface area (Å²) in [6, 6.07) is 6.42. The van der Waals surface area contributed by atoms with Crippen LogP contribution in [0, 0.1) is 3.57 Å². The van der Waals surface area contributed by atoms with E-state index in [-0.39, 0.29) is 0 Å². The molecule has 0 spiro atoms. The van der Waals surface area contributed by atoms with Crippen LogP contribution < -0.4 is 11.1 Å². The molecule has 0 aliphatic rings. The lowest BCUT2D eigenvalue weighted by Crippen LogP contribution is -2.32. The summed E-state index contributed by atoms with van der Waals surface area (Å²) in [7, 11) is 0. The SMILES string of the molecule is C[C@H](CN)NCc1ccc(I)c(Cl)c1. The van der Waals surface area contributed by atoms with Gasteiger partial charge in [-0.15, -0.1) is 0 Å². The monoisotopic (exact) mass is 324 g/mol. The van der Waals surface area contributed by atoms with Crippen molar-refractivity contribution in [1.82, 2.24) is 5.32 Å². The van der Waals surface area contributed by atoms with Gasteiger partial charge in [-0.2, -0.15) is 0 Å². The van der Waals surface area contributed by atoms with Crippen LogP contribution in [0.15, 0.2) is 18.2 Å². The van der Waals surface area contributed by atoms with Crippen molar-refractivity contribution in [3.8, 4) is 0 Å². The van der Waals surface area contributed by atoms with Crippen LogP contribution in [0.4, 0.5) is 0 Å². The van der Waals surface area contributed by atoms with Crippen LogP contribution >= 0.6 is 34.2 Å². The Balaban J connectivity index is 2.55. The van der Waals surface area contributed by atoms with Crippen LogP contribution in [-0.2, 0) is 6.54 Å². The highest BCUT2D eigenvalue weighted by atomic mass is 127. The van der Waals surface area contributed by atoms with Gasteiger partial charge in [0.05, 0.1) is 5.02 Å². The van der Waals surface area contributed by atoms with Crippen LogP contribution in [0.2, 0.25) is 5.02 Å². The van der Waals surface area contributed by atoms with E-state index in [9.17, 15) is 0 Å². The lowest BCUT2D eigenvalue weighted by Gasteiger charge is -2.11. The molecule has 1 aromatic rings. The second kappa shape index (κ2) is 5.90. The minimum Gasteiger partial charge on any atom is -0.329 e. The van der Waals surface area contributed by atoms with Gasteiger partial charge in [0.25, 0.3) is 0 Å². The molecule has 4 heteroatoms. The van der Waals surface area contributed by atoms with E-state index < -0.39 is 0 Å². The molecule has 14 heavy (non-hydrogen) atoms. The molecule has 0 fully saturated rings. The molecule has 78 valence electrons. The summed E-state index contributed by atoms with van der Waals surface area (Å²) in [5.74, 6) is 0. The number of rotatable bonds is 4. The van der Waals surface area contributed by atoms with E-state index in [1.807, 2.05) is 12.1 Å². The average molecular weight is 325 g/mol. The van der Waals surface area contributed by atoms with E-state index in [2.05, 4.69) is 40.9 Å². The molecule has 0 bridgehead atoms. The predicted molar refractivity (Wildman–Crippen MR) is 69.5 cm³/mol. The molecule has 0 saturated carbocycles. The molecule has 1 aromatic carbocycles. The normalized spacial score (nSPS) is 12.9. The topological polar surface area (TPSA) is 38.0 Å². The lowest BCUT2D eigenvalue weighted by atomic mass is 10.2. The summed E-state index contributed by atoms with van der Waals surface area (Å²) >= 11 is 8.22. The van der Waals surface area contributed by atoms with Crippen LogP contribution in [0.3, 0.4) is 0 Å². The Morgan fingerprint density at radius 3 is 2.86 bits per heavy atom. The highest BCUT2D eigenvalue weighted by molar-refractivity contribution is 14.1. The maximum Gasteiger partial charge on any atom is 0.0542 e. The number of halogens is 2. The highest BCUT2D eigenvalue weighted by Gasteiger charge is 2.01. The second-order valence-electron chi connectivity index (χ2n) is 3.27. The van der Waals surface area contributed by atoms with Crippen molar-refractivity contribution >= 4 is 34.2 Å². The van der Waals surface area contributed by atoms with Crippen LogP contribution in [0.1, 0.15) is 12.5 Å². The molecule has 0 amide bonds. The fraction of sp³-hybridized carbons (Fsp3) is 0.400. The Hall–Kier alpha value is 0.160. The lowest BCUT2D eigenvalue weighted by molar-refractivity contribution is 0.556. The first-order valence-corrected chi connectivity index (χ1v) is 5.96. The van der Waals surface area contributed by atoms with Crippen molar-refractivity contribution in [2.45, 2.75) is 19.5 Å². The molecule has 0 radical (unpaired) electrons. The summed E-state index contributed by atoms with van der Waals surface area (Å²) in [5.41, 5.74) is 6.69. The van der Waals surface area contributed by atoms with E-state index in [1.54, 1.807) is 0 Å². The Morgan fingerprint density at radius 2 is 2.29 bits per heavy atom. The van der Waals surface area contributed by atoms with Crippen molar-refractivity contribution in [1.29, 1.82) is 0 Å². The van der Waals surface area contributed by atoms with E-state index in [0.29, 0.717) is 12.6 Å². The largest absolute Gasteiger partial charge is 0.329 e. The molecular weight excluding hydrogens is 310 g/mol. The maximum absolute atomic E-state index is 6.00. The van der Waals surface area contributed by atoms with Gasteiger partial charge in [0.1, 0.15) is 0 Å². The number of benzene rings is 1. The third-order valence-electron chi connectivity index (χ3n) is 1.99. The standard InChI is InChI=1S/C10H14ClIN2/c1-7(5-13)14-6-8-2-3-10(12)9(11)4-8/h2-4,7,14H,5-6,13H2,1H3/t7-/m1/s1. The van der Waals surface area contributed by atoms with Gasteiger partial charge in [-0.25, -0.2) is 0 Å². The molecular formula is C10H14ClIN2. The van der Waals surface area contributed by atoms with Crippen molar-refractivity contribution in [2.75, 3.05) is 6.54 Å². The molecule has 0 aliphatic carbocycles. The van der Waals surface area contributed by atoms with Crippen molar-refractivity contribution in [2.24, 2.45) is 5.73 Å². The van der Waals surface area contributed by atoms with Gasteiger partial charge in [0.15, 0.2) is 0 Å². The quantitative estimate of drug-likeness (QED) is 0.835. The summed E-state index contributed by atoms with van der Waals surface area (Å²) < 4.78 is 1.08. The van der Waals surface area contributed by atoms with Crippen LogP contribution in [-0.4, -0.2) is 12.6 Å². The molecule has 1 atom stereocenters. The second-order valence-corrected chi connectivity index (χ2v) is 4.84. The smallest absolute Gasteiger partial charge is 0.0542 e. The highest BCUT2D eigenvalue weighted by Crippen LogP contribution is 2.19. The number of hydrogen-bond acceptors (Lipinski definition) is 2. The summed E-state index contributed by atoms with van der Waals surface area (Å²) in [4.78, 5) is 0. The van der Waals surface area contributed by atoms with Crippen LogP contribution in [0.25, 0.3) is 0 Å². The average Bonchev–Trinajstić information content (AvgIpc) is 2.19.